The largest absolute Gasteiger partial charge is 0.391 e. The Balaban J connectivity index is 2.23. The van der Waals surface area contributed by atoms with Gasteiger partial charge in [0.05, 0.1) is 18.3 Å². The molecule has 5 unspecified atom stereocenters. The zero-order valence-corrected chi connectivity index (χ0v) is 22.2. The first-order chi connectivity index (χ1) is 16.0. The maximum absolute atomic E-state index is 10.6. The summed E-state index contributed by atoms with van der Waals surface area (Å²) in [5, 5.41) is 10.6. The van der Waals surface area contributed by atoms with Gasteiger partial charge in [-0.25, -0.2) is 0 Å². The first kappa shape index (κ1) is 29.0. The van der Waals surface area contributed by atoms with Gasteiger partial charge in [0.25, 0.3) is 0 Å². The van der Waals surface area contributed by atoms with Gasteiger partial charge in [-0.2, -0.15) is 0 Å². The molecule has 2 fully saturated rings. The third-order valence-corrected chi connectivity index (χ3v) is 7.04. The molecule has 1 saturated heterocycles. The summed E-state index contributed by atoms with van der Waals surface area (Å²) < 4.78 is 32.1. The molecule has 0 bridgehead atoms. The van der Waals surface area contributed by atoms with Crippen molar-refractivity contribution in [2.45, 2.75) is 142 Å². The molecule has 0 aromatic carbocycles. The zero-order chi connectivity index (χ0) is 24.2. The smallest absolute Gasteiger partial charge is 0.187 e. The second-order valence-corrected chi connectivity index (χ2v) is 10.0. The van der Waals surface area contributed by atoms with Gasteiger partial charge in [0.2, 0.25) is 0 Å². The Bertz CT molecular complexity index is 497. The Hall–Kier alpha value is -0.240. The number of rotatable bonds is 18. The number of hydrogen-bond donors (Lipinski definition) is 1. The monoisotopic (exact) mass is 472 g/mol. The highest BCUT2D eigenvalue weighted by Crippen LogP contribution is 2.43. The SMILES string of the molecule is CCCCOC1C(OCCCC)[C@H](OCCCC)C(C)O[C@H]1OC(C(CC)C1CC1)[C@@H](C)O. The quantitative estimate of drug-likeness (QED) is 0.266. The van der Waals surface area contributed by atoms with Crippen molar-refractivity contribution in [3.8, 4) is 0 Å². The average molecular weight is 473 g/mol. The van der Waals surface area contributed by atoms with Gasteiger partial charge in [0, 0.05) is 19.8 Å². The van der Waals surface area contributed by atoms with Gasteiger partial charge in [0.15, 0.2) is 6.29 Å². The Morgan fingerprint density at radius 3 is 1.79 bits per heavy atom. The van der Waals surface area contributed by atoms with E-state index in [0.717, 1.165) is 44.9 Å². The lowest BCUT2D eigenvalue weighted by molar-refractivity contribution is -0.333. The fraction of sp³-hybridized carbons (Fsp3) is 1.00. The van der Waals surface area contributed by atoms with E-state index in [2.05, 4.69) is 27.7 Å². The van der Waals surface area contributed by atoms with Crippen molar-refractivity contribution in [1.82, 2.24) is 0 Å². The van der Waals surface area contributed by atoms with E-state index in [0.29, 0.717) is 31.7 Å². The van der Waals surface area contributed by atoms with Crippen LogP contribution in [0.25, 0.3) is 0 Å². The molecule has 33 heavy (non-hydrogen) atoms. The highest BCUT2D eigenvalue weighted by Gasteiger charge is 2.49. The van der Waals surface area contributed by atoms with Crippen LogP contribution < -0.4 is 0 Å². The predicted octanol–water partition coefficient (Wildman–Crippen LogP) is 5.49. The van der Waals surface area contributed by atoms with Crippen molar-refractivity contribution in [2.75, 3.05) is 19.8 Å². The van der Waals surface area contributed by atoms with Crippen LogP contribution in [0, 0.1) is 11.8 Å². The van der Waals surface area contributed by atoms with E-state index in [1.807, 2.05) is 13.8 Å². The maximum atomic E-state index is 10.6. The summed E-state index contributed by atoms with van der Waals surface area (Å²) in [4.78, 5) is 0. The highest BCUT2D eigenvalue weighted by molar-refractivity contribution is 4.94. The lowest BCUT2D eigenvalue weighted by Crippen LogP contribution is -2.61. The maximum Gasteiger partial charge on any atom is 0.187 e. The third kappa shape index (κ3) is 9.05. The summed E-state index contributed by atoms with van der Waals surface area (Å²) in [5.41, 5.74) is 0. The second-order valence-electron chi connectivity index (χ2n) is 10.0. The van der Waals surface area contributed by atoms with Gasteiger partial charge in [-0.15, -0.1) is 0 Å². The Kier molecular flexibility index (Phi) is 13.8. The second kappa shape index (κ2) is 15.7. The summed E-state index contributed by atoms with van der Waals surface area (Å²) in [6.45, 7) is 14.5. The fourth-order valence-corrected chi connectivity index (χ4v) is 4.86. The molecule has 1 aliphatic heterocycles. The average Bonchev–Trinajstić information content (AvgIpc) is 3.62. The van der Waals surface area contributed by atoms with Gasteiger partial charge in [0.1, 0.15) is 18.3 Å². The van der Waals surface area contributed by atoms with Crippen LogP contribution in [0.2, 0.25) is 0 Å². The van der Waals surface area contributed by atoms with E-state index in [1.165, 1.54) is 12.8 Å². The fourth-order valence-electron chi connectivity index (χ4n) is 4.86. The molecule has 0 aromatic rings. The van der Waals surface area contributed by atoms with E-state index >= 15 is 0 Å². The first-order valence-corrected chi connectivity index (χ1v) is 13.8. The highest BCUT2D eigenvalue weighted by atomic mass is 16.7. The lowest BCUT2D eigenvalue weighted by atomic mass is 9.90. The minimum atomic E-state index is -0.582. The van der Waals surface area contributed by atoms with E-state index in [-0.39, 0.29) is 30.5 Å². The molecular formula is C27H52O6. The van der Waals surface area contributed by atoms with Gasteiger partial charge in [-0.3, -0.25) is 0 Å². The van der Waals surface area contributed by atoms with E-state index in [4.69, 9.17) is 23.7 Å². The van der Waals surface area contributed by atoms with Gasteiger partial charge >= 0.3 is 0 Å². The molecular weight excluding hydrogens is 420 g/mol. The third-order valence-electron chi connectivity index (χ3n) is 7.04. The normalized spacial score (nSPS) is 30.8. The summed E-state index contributed by atoms with van der Waals surface area (Å²) in [6, 6.07) is 0. The molecule has 196 valence electrons. The van der Waals surface area contributed by atoms with Crippen LogP contribution in [-0.4, -0.2) is 67.8 Å². The predicted molar refractivity (Wildman–Crippen MR) is 131 cm³/mol. The minimum absolute atomic E-state index is 0.180. The molecule has 0 aromatic heterocycles. The molecule has 0 radical (unpaired) electrons. The number of unbranched alkanes of at least 4 members (excludes halogenated alkanes) is 3. The van der Waals surface area contributed by atoms with Crippen LogP contribution in [0.15, 0.2) is 0 Å². The number of aliphatic hydroxyl groups is 1. The van der Waals surface area contributed by atoms with E-state index in [1.54, 1.807) is 0 Å². The summed E-state index contributed by atoms with van der Waals surface area (Å²) >= 11 is 0. The molecule has 1 saturated carbocycles. The number of hydrogen-bond acceptors (Lipinski definition) is 6. The molecule has 2 rings (SSSR count). The van der Waals surface area contributed by atoms with Crippen LogP contribution in [0.4, 0.5) is 0 Å². The Morgan fingerprint density at radius 1 is 0.818 bits per heavy atom. The Labute approximate surface area is 203 Å². The van der Waals surface area contributed by atoms with Crippen molar-refractivity contribution < 1.29 is 28.8 Å². The molecule has 6 heteroatoms. The molecule has 0 spiro atoms. The van der Waals surface area contributed by atoms with Crippen molar-refractivity contribution in [2.24, 2.45) is 11.8 Å². The van der Waals surface area contributed by atoms with Gasteiger partial charge in [-0.05, 0) is 57.8 Å². The molecule has 2 aliphatic rings. The Morgan fingerprint density at radius 2 is 1.33 bits per heavy atom. The van der Waals surface area contributed by atoms with Gasteiger partial charge < -0.3 is 28.8 Å². The lowest BCUT2D eigenvalue weighted by Gasteiger charge is -2.46. The molecule has 1 heterocycles. The molecule has 6 nitrogen and oxygen atoms in total. The van der Waals surface area contributed by atoms with Crippen molar-refractivity contribution in [3.05, 3.63) is 0 Å². The van der Waals surface area contributed by atoms with Crippen molar-refractivity contribution in [1.29, 1.82) is 0 Å². The van der Waals surface area contributed by atoms with Crippen LogP contribution in [0.5, 0.6) is 0 Å². The van der Waals surface area contributed by atoms with E-state index < -0.39 is 12.4 Å². The van der Waals surface area contributed by atoms with Crippen LogP contribution in [0.3, 0.4) is 0 Å². The molecule has 1 aliphatic carbocycles. The van der Waals surface area contributed by atoms with Crippen molar-refractivity contribution in [3.63, 3.8) is 0 Å². The standard InChI is InChI=1S/C27H52O6/c1-7-11-16-29-24-20(6)32-27(33-23(19(5)28)22(10-4)21-14-15-21)26(31-18-13-9-3)25(24)30-17-12-8-2/h19-28H,7-18H2,1-6H3/t19-,20?,22?,23?,24-,25?,26?,27+/m1/s1. The summed E-state index contributed by atoms with van der Waals surface area (Å²) in [6.07, 6.45) is 7.20. The topological polar surface area (TPSA) is 66.4 Å². The van der Waals surface area contributed by atoms with Crippen LogP contribution in [0.1, 0.15) is 99.3 Å². The minimum Gasteiger partial charge on any atom is -0.391 e. The molecule has 8 atom stereocenters. The molecule has 1 N–H and O–H groups in total. The number of ether oxygens (including phenoxy) is 5. The van der Waals surface area contributed by atoms with Gasteiger partial charge in [-0.1, -0.05) is 53.4 Å². The van der Waals surface area contributed by atoms with Crippen LogP contribution >= 0.6 is 0 Å². The zero-order valence-electron chi connectivity index (χ0n) is 22.2. The molecule has 0 amide bonds. The van der Waals surface area contributed by atoms with E-state index in [9.17, 15) is 5.11 Å². The van der Waals surface area contributed by atoms with Crippen molar-refractivity contribution >= 4 is 0 Å². The summed E-state index contributed by atoms with van der Waals surface area (Å²) in [7, 11) is 0. The summed E-state index contributed by atoms with van der Waals surface area (Å²) in [5.74, 6) is 0.968. The van der Waals surface area contributed by atoms with Crippen LogP contribution in [-0.2, 0) is 23.7 Å². The first-order valence-electron chi connectivity index (χ1n) is 13.8. The number of aliphatic hydroxyl groups excluding tert-OH is 1.